The van der Waals surface area contributed by atoms with Gasteiger partial charge in [-0.2, -0.15) is 0 Å². The summed E-state index contributed by atoms with van der Waals surface area (Å²) in [5, 5.41) is 41.8. The summed E-state index contributed by atoms with van der Waals surface area (Å²) in [6.45, 7) is -0.256. The first kappa shape index (κ1) is 40.9. The number of phenolic OH excluding ortho intramolecular Hbond substituents is 2. The summed E-state index contributed by atoms with van der Waals surface area (Å²) in [7, 11) is 8.58. The van der Waals surface area contributed by atoms with Gasteiger partial charge in [0.25, 0.3) is 0 Å². The number of aliphatic hydroxyl groups excluding tert-OH is 2. The molecule has 0 spiro atoms. The van der Waals surface area contributed by atoms with Gasteiger partial charge in [-0.05, 0) is 97.2 Å². The molecule has 0 unspecified atom stereocenters. The number of phenols is 2. The van der Waals surface area contributed by atoms with Gasteiger partial charge in [-0.1, -0.05) is 12.1 Å². The van der Waals surface area contributed by atoms with E-state index >= 15 is 0 Å². The van der Waals surface area contributed by atoms with E-state index in [0.717, 1.165) is 0 Å². The molecule has 0 amide bonds. The zero-order valence-electron chi connectivity index (χ0n) is 31.0. The van der Waals surface area contributed by atoms with E-state index in [-0.39, 0.29) is 82.2 Å². The molecule has 0 aromatic heterocycles. The molecule has 0 radical (unpaired) electrons. The SMILES string of the molecule is COc1cc(C(=O)Oc2ccc(C[C@@H](CO)[C@H](CCCO)Cc3ccc(OC(=O)c4cc(OC)c(OC)c(OC)c4)c(O)c3)cc2O)cc(OC)c1OC. The van der Waals surface area contributed by atoms with Crippen molar-refractivity contribution in [2.45, 2.75) is 25.7 Å². The average Bonchev–Trinajstić information content (AvgIpc) is 3.18. The number of aromatic hydroxyl groups is 2. The van der Waals surface area contributed by atoms with Crippen LogP contribution in [0.3, 0.4) is 0 Å². The highest BCUT2D eigenvalue weighted by Crippen LogP contribution is 2.40. The van der Waals surface area contributed by atoms with Crippen molar-refractivity contribution >= 4 is 11.9 Å². The van der Waals surface area contributed by atoms with Gasteiger partial charge in [0, 0.05) is 13.2 Å². The van der Waals surface area contributed by atoms with Crippen LogP contribution in [-0.4, -0.2) is 88.2 Å². The Hall–Kier alpha value is -5.86. The molecule has 0 aliphatic heterocycles. The number of carbonyl (C=O) groups excluding carboxylic acids is 2. The summed E-state index contributed by atoms with van der Waals surface area (Å²) in [6, 6.07) is 15.0. The predicted octanol–water partition coefficient (Wildman–Crippen LogP) is 5.37. The Morgan fingerprint density at radius 3 is 1.24 bits per heavy atom. The van der Waals surface area contributed by atoms with Gasteiger partial charge in [-0.15, -0.1) is 0 Å². The zero-order chi connectivity index (χ0) is 39.4. The molecule has 0 saturated carbocycles. The number of hydrogen-bond acceptors (Lipinski definition) is 14. The molecule has 4 aromatic carbocycles. The van der Waals surface area contributed by atoms with Gasteiger partial charge in [0.1, 0.15) is 0 Å². The minimum absolute atomic E-state index is 0.0531. The van der Waals surface area contributed by atoms with E-state index in [4.69, 9.17) is 37.9 Å². The second kappa shape index (κ2) is 19.3. The molecule has 14 nitrogen and oxygen atoms in total. The van der Waals surface area contributed by atoms with Crippen LogP contribution in [0.4, 0.5) is 0 Å². The number of benzene rings is 4. The maximum atomic E-state index is 13.0. The smallest absolute Gasteiger partial charge is 0.343 e. The van der Waals surface area contributed by atoms with Crippen LogP contribution >= 0.6 is 0 Å². The van der Waals surface area contributed by atoms with Crippen molar-refractivity contribution in [1.29, 1.82) is 0 Å². The quantitative estimate of drug-likeness (QED) is 0.0707. The second-order valence-corrected chi connectivity index (χ2v) is 12.2. The Balaban J connectivity index is 1.47. The van der Waals surface area contributed by atoms with E-state index in [9.17, 15) is 30.0 Å². The molecule has 0 aliphatic rings. The van der Waals surface area contributed by atoms with Crippen LogP contribution < -0.4 is 37.9 Å². The predicted molar refractivity (Wildman–Crippen MR) is 196 cm³/mol. The molecular weight excluding hydrogens is 704 g/mol. The van der Waals surface area contributed by atoms with Crippen LogP contribution in [0.1, 0.15) is 44.7 Å². The number of methoxy groups -OCH3 is 6. The summed E-state index contributed by atoms with van der Waals surface area (Å²) in [4.78, 5) is 26.0. The van der Waals surface area contributed by atoms with Crippen molar-refractivity contribution < 1.29 is 67.9 Å². The van der Waals surface area contributed by atoms with Gasteiger partial charge >= 0.3 is 11.9 Å². The third kappa shape index (κ3) is 9.76. The largest absolute Gasteiger partial charge is 0.504 e. The monoisotopic (exact) mass is 750 g/mol. The Labute approximate surface area is 313 Å². The highest BCUT2D eigenvalue weighted by atomic mass is 16.6. The third-order valence-corrected chi connectivity index (χ3v) is 8.88. The molecule has 4 rings (SSSR count). The van der Waals surface area contributed by atoms with Crippen molar-refractivity contribution in [3.8, 4) is 57.5 Å². The number of ether oxygens (including phenoxy) is 8. The Bertz CT molecular complexity index is 1860. The number of aliphatic hydroxyl groups is 2. The molecule has 4 N–H and O–H groups in total. The molecule has 290 valence electrons. The van der Waals surface area contributed by atoms with E-state index in [0.29, 0.717) is 48.3 Å². The normalized spacial score (nSPS) is 11.9. The van der Waals surface area contributed by atoms with Gasteiger partial charge in [-0.3, -0.25) is 0 Å². The molecule has 2 atom stereocenters. The summed E-state index contributed by atoms with van der Waals surface area (Å²) in [5.74, 6) is -1.02. The summed E-state index contributed by atoms with van der Waals surface area (Å²) in [6.07, 6.45) is 1.78. The van der Waals surface area contributed by atoms with Crippen LogP contribution in [0, 0.1) is 11.8 Å². The standard InChI is InChI=1S/C40H46O14/c1-47-33-18-26(19-34(48-2)37(33)51-5)39(45)53-31-11-9-23(16-29(31)43)14-25(8-7-13-41)28(22-42)15-24-10-12-32(30(44)17-24)54-40(46)27-20-35(49-3)38(52-6)36(21-27)50-4/h9-12,16-21,25,28,41-44H,7-8,13-15,22H2,1-6H3/t25-,28+/m1/s1. The number of rotatable bonds is 19. The Morgan fingerprint density at radius 2 is 0.926 bits per heavy atom. The molecule has 0 bridgehead atoms. The lowest BCUT2D eigenvalue weighted by Crippen LogP contribution is -2.23. The van der Waals surface area contributed by atoms with Crippen LogP contribution in [0.2, 0.25) is 0 Å². The van der Waals surface area contributed by atoms with Crippen LogP contribution in [-0.2, 0) is 12.8 Å². The van der Waals surface area contributed by atoms with Crippen molar-refractivity contribution in [3.63, 3.8) is 0 Å². The van der Waals surface area contributed by atoms with Gasteiger partial charge in [0.15, 0.2) is 46.0 Å². The van der Waals surface area contributed by atoms with Crippen molar-refractivity contribution in [2.24, 2.45) is 11.8 Å². The third-order valence-electron chi connectivity index (χ3n) is 8.88. The first-order valence-corrected chi connectivity index (χ1v) is 16.9. The lowest BCUT2D eigenvalue weighted by molar-refractivity contribution is 0.0719. The number of carbonyl (C=O) groups is 2. The molecule has 0 heterocycles. The van der Waals surface area contributed by atoms with Crippen LogP contribution in [0.15, 0.2) is 60.7 Å². The van der Waals surface area contributed by atoms with Crippen molar-refractivity contribution in [2.75, 3.05) is 55.9 Å². The number of esters is 2. The molecule has 4 aromatic rings. The van der Waals surface area contributed by atoms with Crippen molar-refractivity contribution in [3.05, 3.63) is 82.9 Å². The molecular formula is C40H46O14. The van der Waals surface area contributed by atoms with Crippen LogP contribution in [0.5, 0.6) is 57.5 Å². The Kier molecular flexibility index (Phi) is 14.6. The lowest BCUT2D eigenvalue weighted by Gasteiger charge is -2.26. The fourth-order valence-corrected chi connectivity index (χ4v) is 6.11. The van der Waals surface area contributed by atoms with E-state index in [1.807, 2.05) is 0 Å². The minimum Gasteiger partial charge on any atom is -0.504 e. The molecule has 14 heteroatoms. The maximum Gasteiger partial charge on any atom is 0.343 e. The fourth-order valence-electron chi connectivity index (χ4n) is 6.11. The topological polar surface area (TPSA) is 189 Å². The van der Waals surface area contributed by atoms with Gasteiger partial charge < -0.3 is 58.3 Å². The minimum atomic E-state index is -0.764. The summed E-state index contributed by atoms with van der Waals surface area (Å²) >= 11 is 0. The maximum absolute atomic E-state index is 13.0. The highest BCUT2D eigenvalue weighted by Gasteiger charge is 2.25. The first-order chi connectivity index (χ1) is 26.0. The summed E-state index contributed by atoms with van der Waals surface area (Å²) in [5.41, 5.74) is 1.60. The average molecular weight is 751 g/mol. The fraction of sp³-hybridized carbons (Fsp3) is 0.350. The Morgan fingerprint density at radius 1 is 0.537 bits per heavy atom. The van der Waals surface area contributed by atoms with Gasteiger partial charge in [-0.25, -0.2) is 9.59 Å². The van der Waals surface area contributed by atoms with Crippen molar-refractivity contribution in [1.82, 2.24) is 0 Å². The van der Waals surface area contributed by atoms with E-state index < -0.39 is 11.9 Å². The van der Waals surface area contributed by atoms with Gasteiger partial charge in [0.2, 0.25) is 11.5 Å². The first-order valence-electron chi connectivity index (χ1n) is 16.9. The highest BCUT2D eigenvalue weighted by molar-refractivity contribution is 5.93. The zero-order valence-corrected chi connectivity index (χ0v) is 31.0. The lowest BCUT2D eigenvalue weighted by atomic mass is 9.80. The molecule has 0 saturated heterocycles. The second-order valence-electron chi connectivity index (χ2n) is 12.2. The summed E-state index contributed by atoms with van der Waals surface area (Å²) < 4.78 is 42.8. The molecule has 54 heavy (non-hydrogen) atoms. The van der Waals surface area contributed by atoms with E-state index in [1.54, 1.807) is 12.1 Å². The van der Waals surface area contributed by atoms with E-state index in [1.165, 1.54) is 91.2 Å². The molecule has 0 fully saturated rings. The van der Waals surface area contributed by atoms with Gasteiger partial charge in [0.05, 0.1) is 53.8 Å². The van der Waals surface area contributed by atoms with E-state index in [2.05, 4.69) is 0 Å². The molecule has 0 aliphatic carbocycles. The number of hydrogen-bond donors (Lipinski definition) is 4. The van der Waals surface area contributed by atoms with Crippen LogP contribution in [0.25, 0.3) is 0 Å².